The first-order valence-corrected chi connectivity index (χ1v) is 10.9. The Morgan fingerprint density at radius 1 is 1.11 bits per heavy atom. The number of amides is 1. The number of benzene rings is 2. The summed E-state index contributed by atoms with van der Waals surface area (Å²) in [5.41, 5.74) is 0.796. The summed E-state index contributed by atoms with van der Waals surface area (Å²) >= 11 is 5.87. The molecule has 0 aromatic heterocycles. The molecule has 2 rings (SSSR count). The number of hydrogen-bond donors (Lipinski definition) is 1. The van der Waals surface area contributed by atoms with E-state index in [9.17, 15) is 13.2 Å². The maximum absolute atomic E-state index is 13.1. The predicted octanol–water partition coefficient (Wildman–Crippen LogP) is 3.07. The van der Waals surface area contributed by atoms with Gasteiger partial charge in [-0.3, -0.25) is 4.79 Å². The van der Waals surface area contributed by atoms with Crippen LogP contribution in [0, 0.1) is 0 Å². The van der Waals surface area contributed by atoms with Gasteiger partial charge in [-0.25, -0.2) is 8.42 Å². The highest BCUT2D eigenvalue weighted by Gasteiger charge is 2.26. The molecule has 0 saturated carbocycles. The molecule has 0 aliphatic heterocycles. The highest BCUT2D eigenvalue weighted by molar-refractivity contribution is 7.89. The number of sulfonamides is 1. The van der Waals surface area contributed by atoms with Crippen molar-refractivity contribution in [1.29, 1.82) is 0 Å². The Bertz CT molecular complexity index is 842. The molecule has 0 heterocycles. The molecule has 0 unspecified atom stereocenters. The molecule has 0 bridgehead atoms. The first-order chi connectivity index (χ1) is 13.4. The second kappa shape index (κ2) is 11.2. The molecule has 8 heteroatoms. The van der Waals surface area contributed by atoms with Crippen LogP contribution in [0.4, 0.5) is 0 Å². The van der Waals surface area contributed by atoms with E-state index in [1.807, 2.05) is 37.3 Å². The van der Waals surface area contributed by atoms with Crippen molar-refractivity contribution in [3.8, 4) is 0 Å². The van der Waals surface area contributed by atoms with Crippen molar-refractivity contribution >= 4 is 27.5 Å². The van der Waals surface area contributed by atoms with Gasteiger partial charge in [0.25, 0.3) is 0 Å². The minimum absolute atomic E-state index is 0.0944. The lowest BCUT2D eigenvalue weighted by Crippen LogP contribution is -2.40. The normalized spacial score (nSPS) is 11.5. The van der Waals surface area contributed by atoms with E-state index >= 15 is 0 Å². The van der Waals surface area contributed by atoms with Gasteiger partial charge in [-0.2, -0.15) is 4.31 Å². The number of carbonyl (C=O) groups is 1. The molecule has 0 aliphatic rings. The molecule has 152 valence electrons. The summed E-state index contributed by atoms with van der Waals surface area (Å²) in [6.45, 7) is 3.33. The van der Waals surface area contributed by atoms with Gasteiger partial charge in [-0.15, -0.1) is 0 Å². The van der Waals surface area contributed by atoms with Crippen LogP contribution in [-0.2, 0) is 26.1 Å². The van der Waals surface area contributed by atoms with E-state index in [4.69, 9.17) is 16.3 Å². The van der Waals surface area contributed by atoms with E-state index in [0.29, 0.717) is 31.2 Å². The van der Waals surface area contributed by atoms with Crippen molar-refractivity contribution in [3.63, 3.8) is 0 Å². The molecule has 0 atom stereocenters. The fourth-order valence-corrected chi connectivity index (χ4v) is 4.04. The van der Waals surface area contributed by atoms with Crippen molar-refractivity contribution in [2.75, 3.05) is 26.3 Å². The second-order valence-electron chi connectivity index (χ2n) is 6.11. The Balaban J connectivity index is 2.12. The molecule has 0 radical (unpaired) electrons. The second-order valence-corrected chi connectivity index (χ2v) is 8.49. The van der Waals surface area contributed by atoms with Gasteiger partial charge in [0.2, 0.25) is 15.9 Å². The number of nitrogens with one attached hydrogen (secondary N) is 1. The summed E-state index contributed by atoms with van der Waals surface area (Å²) in [7, 11) is -3.86. The molecule has 0 saturated heterocycles. The third-order valence-electron chi connectivity index (χ3n) is 3.96. The lowest BCUT2D eigenvalue weighted by molar-refractivity contribution is -0.121. The van der Waals surface area contributed by atoms with Gasteiger partial charge in [-0.1, -0.05) is 41.9 Å². The van der Waals surface area contributed by atoms with Gasteiger partial charge in [0.1, 0.15) is 0 Å². The maximum Gasteiger partial charge on any atom is 0.243 e. The van der Waals surface area contributed by atoms with E-state index in [2.05, 4.69) is 5.32 Å². The molecule has 0 spiro atoms. The van der Waals surface area contributed by atoms with Crippen LogP contribution in [0.25, 0.3) is 0 Å². The fraction of sp³-hybridized carbons (Fsp3) is 0.350. The number of carbonyl (C=O) groups excluding carboxylic acids is 1. The monoisotopic (exact) mass is 424 g/mol. The molecular formula is C20H25ClN2O4S. The van der Waals surface area contributed by atoms with E-state index in [-0.39, 0.29) is 23.9 Å². The summed E-state index contributed by atoms with van der Waals surface area (Å²) in [5, 5.41) is 3.19. The molecule has 2 aromatic carbocycles. The van der Waals surface area contributed by atoms with Crippen LogP contribution in [0.2, 0.25) is 5.02 Å². The Kier molecular flexibility index (Phi) is 8.92. The lowest BCUT2D eigenvalue weighted by Gasteiger charge is -2.22. The average Bonchev–Trinajstić information content (AvgIpc) is 2.68. The van der Waals surface area contributed by atoms with E-state index in [1.165, 1.54) is 28.6 Å². The number of rotatable bonds is 11. The van der Waals surface area contributed by atoms with Crippen molar-refractivity contribution < 1.29 is 17.9 Å². The highest BCUT2D eigenvalue weighted by atomic mass is 35.5. The molecule has 0 fully saturated rings. The Morgan fingerprint density at radius 3 is 2.43 bits per heavy atom. The van der Waals surface area contributed by atoms with Gasteiger partial charge < -0.3 is 10.1 Å². The van der Waals surface area contributed by atoms with Crippen molar-refractivity contribution in [3.05, 3.63) is 65.2 Å². The summed E-state index contributed by atoms with van der Waals surface area (Å²) in [6.07, 6.45) is 0.669. The minimum atomic E-state index is -3.86. The van der Waals surface area contributed by atoms with Gasteiger partial charge >= 0.3 is 0 Å². The van der Waals surface area contributed by atoms with Crippen LogP contribution < -0.4 is 5.32 Å². The third-order valence-corrected chi connectivity index (χ3v) is 6.02. The highest BCUT2D eigenvalue weighted by Crippen LogP contribution is 2.20. The van der Waals surface area contributed by atoms with E-state index < -0.39 is 10.0 Å². The standard InChI is InChI=1S/C20H25ClN2O4S/c1-2-27-14-6-13-22-20(24)16-23(15-17-7-4-3-5-8-17)28(25,26)19-11-9-18(21)10-12-19/h3-5,7-12H,2,6,13-16H2,1H3,(H,22,24). The van der Waals surface area contributed by atoms with Crippen molar-refractivity contribution in [1.82, 2.24) is 9.62 Å². The number of halogens is 1. The SMILES string of the molecule is CCOCCCNC(=O)CN(Cc1ccccc1)S(=O)(=O)c1ccc(Cl)cc1. The van der Waals surface area contributed by atoms with Crippen LogP contribution in [0.1, 0.15) is 18.9 Å². The van der Waals surface area contributed by atoms with E-state index in [0.717, 1.165) is 5.56 Å². The molecular weight excluding hydrogens is 400 g/mol. The lowest BCUT2D eigenvalue weighted by atomic mass is 10.2. The Hall–Kier alpha value is -1.93. The largest absolute Gasteiger partial charge is 0.382 e. The summed E-state index contributed by atoms with van der Waals surface area (Å²) in [6, 6.07) is 15.1. The van der Waals surface area contributed by atoms with Crippen LogP contribution in [0.5, 0.6) is 0 Å². The number of ether oxygens (including phenoxy) is 1. The van der Waals surface area contributed by atoms with Gasteiger partial charge in [-0.05, 0) is 43.2 Å². The van der Waals surface area contributed by atoms with Gasteiger partial charge in [0.05, 0.1) is 11.4 Å². The minimum Gasteiger partial charge on any atom is -0.382 e. The summed E-state index contributed by atoms with van der Waals surface area (Å²) in [4.78, 5) is 12.4. The predicted molar refractivity (Wildman–Crippen MR) is 110 cm³/mol. The molecule has 6 nitrogen and oxygen atoms in total. The Labute approximate surface area is 171 Å². The molecule has 2 aromatic rings. The van der Waals surface area contributed by atoms with Crippen molar-refractivity contribution in [2.24, 2.45) is 0 Å². The van der Waals surface area contributed by atoms with Gasteiger partial charge in [0, 0.05) is 31.3 Å². The summed E-state index contributed by atoms with van der Waals surface area (Å²) in [5.74, 6) is -0.357. The smallest absolute Gasteiger partial charge is 0.243 e. The fourth-order valence-electron chi connectivity index (χ4n) is 2.53. The average molecular weight is 425 g/mol. The summed E-state index contributed by atoms with van der Waals surface area (Å²) < 4.78 is 32.6. The van der Waals surface area contributed by atoms with Crippen LogP contribution in [0.3, 0.4) is 0 Å². The first kappa shape index (κ1) is 22.4. The first-order valence-electron chi connectivity index (χ1n) is 9.07. The zero-order chi connectivity index (χ0) is 20.4. The zero-order valence-corrected chi connectivity index (χ0v) is 17.4. The van der Waals surface area contributed by atoms with Crippen LogP contribution in [0.15, 0.2) is 59.5 Å². The zero-order valence-electron chi connectivity index (χ0n) is 15.8. The third kappa shape index (κ3) is 6.91. The van der Waals surface area contributed by atoms with Crippen LogP contribution in [-0.4, -0.2) is 44.9 Å². The topological polar surface area (TPSA) is 75.7 Å². The molecule has 28 heavy (non-hydrogen) atoms. The number of nitrogens with zero attached hydrogens (tertiary/aromatic N) is 1. The maximum atomic E-state index is 13.1. The Morgan fingerprint density at radius 2 is 1.79 bits per heavy atom. The molecule has 1 N–H and O–H groups in total. The quantitative estimate of drug-likeness (QED) is 0.562. The molecule has 0 aliphatic carbocycles. The van der Waals surface area contributed by atoms with E-state index in [1.54, 1.807) is 0 Å². The molecule has 1 amide bonds. The van der Waals surface area contributed by atoms with Crippen molar-refractivity contribution in [2.45, 2.75) is 24.8 Å². The number of hydrogen-bond acceptors (Lipinski definition) is 4. The van der Waals surface area contributed by atoms with Crippen LogP contribution >= 0.6 is 11.6 Å². The van der Waals surface area contributed by atoms with Gasteiger partial charge in [0.15, 0.2) is 0 Å².